The summed E-state index contributed by atoms with van der Waals surface area (Å²) >= 11 is 0. The fraction of sp³-hybridized carbons (Fsp3) is 0.484. The lowest BCUT2D eigenvalue weighted by molar-refractivity contribution is 0.0290. The van der Waals surface area contributed by atoms with Gasteiger partial charge in [0.25, 0.3) is 15.9 Å². The van der Waals surface area contributed by atoms with Gasteiger partial charge < -0.3 is 14.4 Å². The summed E-state index contributed by atoms with van der Waals surface area (Å²) in [4.78, 5) is 30.3. The molecule has 0 atom stereocenters. The maximum Gasteiger partial charge on any atom is 0.339 e. The zero-order valence-electron chi connectivity index (χ0n) is 23.7. The number of benzene rings is 2. The fourth-order valence-electron chi connectivity index (χ4n) is 6.57. The summed E-state index contributed by atoms with van der Waals surface area (Å²) < 4.78 is 40.6. The molecule has 41 heavy (non-hydrogen) atoms. The lowest BCUT2D eigenvalue weighted by atomic mass is 9.97. The summed E-state index contributed by atoms with van der Waals surface area (Å²) in [6, 6.07) is 11.9. The molecule has 2 saturated heterocycles. The molecular formula is C31H37N3O6S. The molecule has 6 rings (SSSR count). The topological polar surface area (TPSA) is 98.1 Å². The van der Waals surface area contributed by atoms with E-state index < -0.39 is 16.0 Å². The van der Waals surface area contributed by atoms with Crippen molar-refractivity contribution < 1.29 is 27.5 Å². The molecule has 0 aliphatic carbocycles. The van der Waals surface area contributed by atoms with E-state index in [9.17, 15) is 18.0 Å². The number of carbonyl (C=O) groups is 2. The lowest BCUT2D eigenvalue weighted by Crippen LogP contribution is -2.42. The van der Waals surface area contributed by atoms with E-state index in [0.29, 0.717) is 41.7 Å². The maximum absolute atomic E-state index is 14.4. The van der Waals surface area contributed by atoms with E-state index in [1.165, 1.54) is 23.2 Å². The van der Waals surface area contributed by atoms with Crippen LogP contribution < -0.4 is 0 Å². The Labute approximate surface area is 241 Å². The van der Waals surface area contributed by atoms with Gasteiger partial charge in [-0.1, -0.05) is 19.1 Å². The van der Waals surface area contributed by atoms with Gasteiger partial charge in [0.1, 0.15) is 4.90 Å². The number of nitrogens with zero attached hydrogens (tertiary/aromatic N) is 3. The van der Waals surface area contributed by atoms with Crippen LogP contribution in [0, 0.1) is 5.92 Å². The number of carbonyl (C=O) groups excluding carboxylic acids is 2. The predicted molar refractivity (Wildman–Crippen MR) is 155 cm³/mol. The first-order valence-electron chi connectivity index (χ1n) is 14.5. The highest BCUT2D eigenvalue weighted by Crippen LogP contribution is 2.37. The Bertz CT molecular complexity index is 1580. The summed E-state index contributed by atoms with van der Waals surface area (Å²) in [6.07, 6.45) is 4.38. The Kier molecular flexibility index (Phi) is 7.65. The maximum atomic E-state index is 14.4. The molecule has 3 aliphatic heterocycles. The summed E-state index contributed by atoms with van der Waals surface area (Å²) in [5.74, 6) is -0.114. The van der Waals surface area contributed by atoms with Crippen molar-refractivity contribution in [3.8, 4) is 0 Å². The highest BCUT2D eigenvalue weighted by Gasteiger charge is 2.35. The number of rotatable bonds is 5. The average molecular weight is 580 g/mol. The van der Waals surface area contributed by atoms with Crippen molar-refractivity contribution in [1.29, 1.82) is 0 Å². The van der Waals surface area contributed by atoms with E-state index in [1.54, 1.807) is 24.3 Å². The minimum Gasteiger partial charge on any atom is -0.465 e. The van der Waals surface area contributed by atoms with Crippen LogP contribution in [0.25, 0.3) is 10.9 Å². The van der Waals surface area contributed by atoms with Crippen molar-refractivity contribution in [3.63, 3.8) is 0 Å². The molecular weight excluding hydrogens is 542 g/mol. The average Bonchev–Trinajstić information content (AvgIpc) is 3.35. The van der Waals surface area contributed by atoms with Gasteiger partial charge in [-0.15, -0.1) is 0 Å². The molecule has 0 unspecified atom stereocenters. The van der Waals surface area contributed by atoms with Gasteiger partial charge in [0.15, 0.2) is 0 Å². The van der Waals surface area contributed by atoms with Crippen LogP contribution in [0.1, 0.15) is 64.6 Å². The van der Waals surface area contributed by atoms with Crippen LogP contribution in [0.5, 0.6) is 0 Å². The van der Waals surface area contributed by atoms with Crippen LogP contribution in [-0.2, 0) is 32.5 Å². The quantitative estimate of drug-likeness (QED) is 0.420. The Morgan fingerprint density at radius 2 is 1.71 bits per heavy atom. The van der Waals surface area contributed by atoms with Gasteiger partial charge in [-0.25, -0.2) is 17.2 Å². The summed E-state index contributed by atoms with van der Waals surface area (Å²) in [6.45, 7) is 6.44. The van der Waals surface area contributed by atoms with Crippen molar-refractivity contribution in [2.75, 3.05) is 40.0 Å². The van der Waals surface area contributed by atoms with E-state index in [0.717, 1.165) is 69.5 Å². The van der Waals surface area contributed by atoms with Gasteiger partial charge in [0, 0.05) is 68.5 Å². The predicted octanol–water partition coefficient (Wildman–Crippen LogP) is 4.07. The lowest BCUT2D eigenvalue weighted by Gasteiger charge is -2.37. The molecule has 218 valence electrons. The number of fused-ring (bicyclic) bond motifs is 3. The van der Waals surface area contributed by atoms with Gasteiger partial charge >= 0.3 is 5.97 Å². The van der Waals surface area contributed by atoms with Crippen molar-refractivity contribution >= 4 is 32.8 Å². The first-order chi connectivity index (χ1) is 19.8. The summed E-state index contributed by atoms with van der Waals surface area (Å²) in [7, 11) is -2.93. The van der Waals surface area contributed by atoms with Gasteiger partial charge in [-0.05, 0) is 67.5 Å². The zero-order valence-corrected chi connectivity index (χ0v) is 24.5. The smallest absolute Gasteiger partial charge is 0.339 e. The number of piperidine rings is 1. The van der Waals surface area contributed by atoms with E-state index in [-0.39, 0.29) is 16.4 Å². The standard InChI is InChI=1S/C31H37N3O6S/c1-21-9-14-32(15-10-21)30(35)22-7-8-27-25(19-22)26-20-33(23-12-17-40-18-13-23)16-11-28(26)34(27)41(37,38)29-6-4-3-5-24(29)31(36)39-2/h3-8,19,21,23H,9-18,20H2,1-2H3. The second kappa shape index (κ2) is 11.2. The molecule has 3 aliphatic rings. The Morgan fingerprint density at radius 3 is 2.44 bits per heavy atom. The van der Waals surface area contributed by atoms with Crippen LogP contribution in [0.3, 0.4) is 0 Å². The van der Waals surface area contributed by atoms with Crippen molar-refractivity contribution in [1.82, 2.24) is 13.8 Å². The molecule has 2 aromatic carbocycles. The third-order valence-corrected chi connectivity index (χ3v) is 10.8. The van der Waals surface area contributed by atoms with Crippen LogP contribution >= 0.6 is 0 Å². The number of likely N-dealkylation sites (tertiary alicyclic amines) is 1. The second-order valence-corrected chi connectivity index (χ2v) is 13.2. The van der Waals surface area contributed by atoms with Crippen molar-refractivity contribution in [2.45, 2.75) is 56.5 Å². The number of ether oxygens (including phenoxy) is 2. The molecule has 0 spiro atoms. The molecule has 2 fully saturated rings. The molecule has 3 aromatic rings. The van der Waals surface area contributed by atoms with E-state index >= 15 is 0 Å². The number of hydrogen-bond donors (Lipinski definition) is 0. The first-order valence-corrected chi connectivity index (χ1v) is 15.9. The van der Waals surface area contributed by atoms with Crippen LogP contribution in [-0.4, -0.2) is 80.1 Å². The SMILES string of the molecule is COC(=O)c1ccccc1S(=O)(=O)n1c2c(c3cc(C(=O)N4CCC(C)CC4)ccc31)CN(C1CCOCC1)CC2. The minimum atomic E-state index is -4.17. The Balaban J connectivity index is 1.48. The molecule has 0 bridgehead atoms. The molecule has 0 saturated carbocycles. The highest BCUT2D eigenvalue weighted by molar-refractivity contribution is 7.90. The number of amides is 1. The van der Waals surface area contributed by atoms with Crippen LogP contribution in [0.15, 0.2) is 47.4 Å². The van der Waals surface area contributed by atoms with Gasteiger partial charge in [-0.3, -0.25) is 9.69 Å². The Morgan fingerprint density at radius 1 is 0.976 bits per heavy atom. The highest BCUT2D eigenvalue weighted by atomic mass is 32.2. The summed E-state index contributed by atoms with van der Waals surface area (Å²) in [5.41, 5.74) is 2.73. The molecule has 0 radical (unpaired) electrons. The molecule has 1 aromatic heterocycles. The molecule has 10 heteroatoms. The van der Waals surface area contributed by atoms with Gasteiger partial charge in [-0.2, -0.15) is 0 Å². The third kappa shape index (κ3) is 5.06. The second-order valence-electron chi connectivity index (χ2n) is 11.5. The zero-order chi connectivity index (χ0) is 28.7. The molecule has 4 heterocycles. The number of methoxy groups -OCH3 is 1. The van der Waals surface area contributed by atoms with E-state index in [2.05, 4.69) is 11.8 Å². The van der Waals surface area contributed by atoms with Crippen LogP contribution in [0.4, 0.5) is 0 Å². The van der Waals surface area contributed by atoms with Crippen molar-refractivity contribution in [3.05, 3.63) is 64.8 Å². The number of aromatic nitrogens is 1. The molecule has 1 amide bonds. The van der Waals surface area contributed by atoms with Gasteiger partial charge in [0.05, 0.1) is 18.2 Å². The van der Waals surface area contributed by atoms with Crippen LogP contribution in [0.2, 0.25) is 0 Å². The Hall–Kier alpha value is -3.21. The fourth-order valence-corrected chi connectivity index (χ4v) is 8.36. The van der Waals surface area contributed by atoms with Gasteiger partial charge in [0.2, 0.25) is 0 Å². The normalized spacial score (nSPS) is 19.3. The first kappa shape index (κ1) is 27.9. The molecule has 0 N–H and O–H groups in total. The van der Waals surface area contributed by atoms with E-state index in [1.807, 2.05) is 11.0 Å². The monoisotopic (exact) mass is 579 g/mol. The largest absolute Gasteiger partial charge is 0.465 e. The number of esters is 1. The summed E-state index contributed by atoms with van der Waals surface area (Å²) in [5, 5.41) is 0.770. The molecule has 9 nitrogen and oxygen atoms in total. The minimum absolute atomic E-state index is 0.00336. The number of hydrogen-bond acceptors (Lipinski definition) is 7. The third-order valence-electron chi connectivity index (χ3n) is 8.97. The van der Waals surface area contributed by atoms with Crippen molar-refractivity contribution in [2.24, 2.45) is 5.92 Å². The van der Waals surface area contributed by atoms with E-state index in [4.69, 9.17) is 9.47 Å².